The van der Waals surface area contributed by atoms with Crippen LogP contribution < -0.4 is 4.74 Å². The van der Waals surface area contributed by atoms with Gasteiger partial charge in [-0.25, -0.2) is 4.79 Å². The van der Waals surface area contributed by atoms with Crippen molar-refractivity contribution in [2.24, 2.45) is 0 Å². The van der Waals surface area contributed by atoms with E-state index in [0.29, 0.717) is 23.3 Å². The molecule has 2 aromatic rings. The zero-order valence-electron chi connectivity index (χ0n) is 11.7. The van der Waals surface area contributed by atoms with Gasteiger partial charge in [0, 0.05) is 11.1 Å². The molecular weight excluding hydrogens is 268 g/mol. The summed E-state index contributed by atoms with van der Waals surface area (Å²) < 4.78 is 5.35. The number of benzene rings is 2. The molecule has 2 aromatic carbocycles. The van der Waals surface area contributed by atoms with E-state index in [-0.39, 0.29) is 5.78 Å². The van der Waals surface area contributed by atoms with Crippen molar-refractivity contribution in [3.05, 3.63) is 65.7 Å². The van der Waals surface area contributed by atoms with Crippen molar-refractivity contribution in [3.8, 4) is 5.75 Å². The molecular formula is C17H16O4. The molecule has 0 aliphatic heterocycles. The summed E-state index contributed by atoms with van der Waals surface area (Å²) in [7, 11) is 0. The minimum atomic E-state index is -0.998. The highest BCUT2D eigenvalue weighted by molar-refractivity contribution is 6.08. The van der Waals surface area contributed by atoms with Crippen molar-refractivity contribution < 1.29 is 19.4 Å². The number of rotatable bonds is 6. The van der Waals surface area contributed by atoms with Gasteiger partial charge >= 0.3 is 5.97 Å². The maximum absolute atomic E-state index is 12.2. The standard InChI is InChI=1S/C17H16O4/c1-2-15(17(19)20)21-14-10-8-13(9-11-14)16(18)12-6-4-3-5-7-12/h3-11,15H,2H2,1H3,(H,19,20). The summed E-state index contributed by atoms with van der Waals surface area (Å²) in [6.45, 7) is 1.74. The van der Waals surface area contributed by atoms with Crippen molar-refractivity contribution in [3.63, 3.8) is 0 Å². The second-order valence-corrected chi connectivity index (χ2v) is 4.57. The van der Waals surface area contributed by atoms with E-state index in [4.69, 9.17) is 9.84 Å². The fourth-order valence-corrected chi connectivity index (χ4v) is 1.91. The lowest BCUT2D eigenvalue weighted by Crippen LogP contribution is -2.25. The second-order valence-electron chi connectivity index (χ2n) is 4.57. The Morgan fingerprint density at radius 1 is 1.00 bits per heavy atom. The SMILES string of the molecule is CCC(Oc1ccc(C(=O)c2ccccc2)cc1)C(=O)O. The van der Waals surface area contributed by atoms with E-state index >= 15 is 0 Å². The molecule has 0 aliphatic carbocycles. The molecule has 21 heavy (non-hydrogen) atoms. The molecule has 0 saturated heterocycles. The quantitative estimate of drug-likeness (QED) is 0.828. The lowest BCUT2D eigenvalue weighted by Gasteiger charge is -2.13. The van der Waals surface area contributed by atoms with Gasteiger partial charge in [-0.1, -0.05) is 37.3 Å². The van der Waals surface area contributed by atoms with E-state index in [1.165, 1.54) is 0 Å². The first kappa shape index (κ1) is 14.8. The summed E-state index contributed by atoms with van der Waals surface area (Å²) in [6.07, 6.45) is -0.499. The Morgan fingerprint density at radius 3 is 2.10 bits per heavy atom. The van der Waals surface area contributed by atoms with Gasteiger partial charge in [0.2, 0.25) is 0 Å². The van der Waals surface area contributed by atoms with Crippen LogP contribution in [0.2, 0.25) is 0 Å². The topological polar surface area (TPSA) is 63.6 Å². The average molecular weight is 284 g/mol. The van der Waals surface area contributed by atoms with Crippen LogP contribution in [0.3, 0.4) is 0 Å². The Morgan fingerprint density at radius 2 is 1.57 bits per heavy atom. The highest BCUT2D eigenvalue weighted by Crippen LogP contribution is 2.17. The normalized spacial score (nSPS) is 11.7. The first-order chi connectivity index (χ1) is 10.1. The van der Waals surface area contributed by atoms with Crippen LogP contribution in [-0.2, 0) is 4.79 Å². The molecule has 4 heteroatoms. The maximum atomic E-state index is 12.2. The number of ether oxygens (including phenoxy) is 1. The molecule has 1 atom stereocenters. The van der Waals surface area contributed by atoms with E-state index < -0.39 is 12.1 Å². The minimum absolute atomic E-state index is 0.0765. The lowest BCUT2D eigenvalue weighted by molar-refractivity contribution is -0.145. The largest absolute Gasteiger partial charge is 0.479 e. The van der Waals surface area contributed by atoms with E-state index in [2.05, 4.69) is 0 Å². The predicted molar refractivity (Wildman–Crippen MR) is 78.7 cm³/mol. The van der Waals surface area contributed by atoms with Crippen molar-refractivity contribution in [1.29, 1.82) is 0 Å². The summed E-state index contributed by atoms with van der Waals surface area (Å²) in [4.78, 5) is 23.1. The van der Waals surface area contributed by atoms with Gasteiger partial charge in [0.1, 0.15) is 5.75 Å². The van der Waals surface area contributed by atoms with Crippen molar-refractivity contribution in [2.75, 3.05) is 0 Å². The van der Waals surface area contributed by atoms with Crippen LogP contribution in [0, 0.1) is 0 Å². The van der Waals surface area contributed by atoms with Gasteiger partial charge in [-0.3, -0.25) is 4.79 Å². The van der Waals surface area contributed by atoms with Crippen LogP contribution in [0.1, 0.15) is 29.3 Å². The third-order valence-corrected chi connectivity index (χ3v) is 3.08. The molecule has 0 saturated carbocycles. The second kappa shape index (κ2) is 6.70. The van der Waals surface area contributed by atoms with E-state index in [1.807, 2.05) is 18.2 Å². The van der Waals surface area contributed by atoms with Gasteiger partial charge < -0.3 is 9.84 Å². The number of carbonyl (C=O) groups excluding carboxylic acids is 1. The molecule has 0 amide bonds. The smallest absolute Gasteiger partial charge is 0.344 e. The molecule has 0 aromatic heterocycles. The van der Waals surface area contributed by atoms with Gasteiger partial charge in [-0.05, 0) is 30.7 Å². The fraction of sp³-hybridized carbons (Fsp3) is 0.176. The highest BCUT2D eigenvalue weighted by Gasteiger charge is 2.17. The Hall–Kier alpha value is -2.62. The van der Waals surface area contributed by atoms with Gasteiger partial charge in [0.05, 0.1) is 0 Å². The number of carbonyl (C=O) groups is 2. The number of ketones is 1. The van der Waals surface area contributed by atoms with Crippen LogP contribution in [0.25, 0.3) is 0 Å². The summed E-state index contributed by atoms with van der Waals surface area (Å²) in [6, 6.07) is 15.5. The number of hydrogen-bond donors (Lipinski definition) is 1. The predicted octanol–water partition coefficient (Wildman–Crippen LogP) is 3.16. The van der Waals surface area contributed by atoms with Gasteiger partial charge in [0.25, 0.3) is 0 Å². The molecule has 0 aliphatic rings. The Labute approximate surface area is 123 Å². The molecule has 0 fully saturated rings. The van der Waals surface area contributed by atoms with E-state index in [1.54, 1.807) is 43.3 Å². The third kappa shape index (κ3) is 3.69. The van der Waals surface area contributed by atoms with Crippen LogP contribution in [0.5, 0.6) is 5.75 Å². The molecule has 0 spiro atoms. The van der Waals surface area contributed by atoms with Crippen LogP contribution in [0.4, 0.5) is 0 Å². The summed E-state index contributed by atoms with van der Waals surface area (Å²) in [5, 5.41) is 8.95. The van der Waals surface area contributed by atoms with Crippen molar-refractivity contribution in [2.45, 2.75) is 19.4 Å². The van der Waals surface area contributed by atoms with E-state index in [0.717, 1.165) is 0 Å². The Balaban J connectivity index is 2.12. The van der Waals surface area contributed by atoms with Gasteiger partial charge in [-0.15, -0.1) is 0 Å². The third-order valence-electron chi connectivity index (χ3n) is 3.08. The molecule has 0 bridgehead atoms. The van der Waals surface area contributed by atoms with Crippen molar-refractivity contribution >= 4 is 11.8 Å². The molecule has 108 valence electrons. The summed E-state index contributed by atoms with van der Waals surface area (Å²) in [5.74, 6) is -0.636. The Kier molecular flexibility index (Phi) is 4.72. The minimum Gasteiger partial charge on any atom is -0.479 e. The first-order valence-corrected chi connectivity index (χ1v) is 6.71. The Bertz CT molecular complexity index is 617. The zero-order chi connectivity index (χ0) is 15.2. The molecule has 4 nitrogen and oxygen atoms in total. The van der Waals surface area contributed by atoms with Crippen LogP contribution in [0.15, 0.2) is 54.6 Å². The van der Waals surface area contributed by atoms with Gasteiger partial charge in [-0.2, -0.15) is 0 Å². The maximum Gasteiger partial charge on any atom is 0.344 e. The first-order valence-electron chi connectivity index (χ1n) is 6.71. The molecule has 2 rings (SSSR count). The monoisotopic (exact) mass is 284 g/mol. The van der Waals surface area contributed by atoms with Crippen LogP contribution >= 0.6 is 0 Å². The van der Waals surface area contributed by atoms with Crippen LogP contribution in [-0.4, -0.2) is 23.0 Å². The lowest BCUT2D eigenvalue weighted by atomic mass is 10.0. The number of hydrogen-bond acceptors (Lipinski definition) is 3. The number of carboxylic acids is 1. The molecule has 0 heterocycles. The molecule has 0 radical (unpaired) electrons. The molecule has 1 N–H and O–H groups in total. The highest BCUT2D eigenvalue weighted by atomic mass is 16.5. The number of carboxylic acid groups (broad SMARTS) is 1. The zero-order valence-corrected chi connectivity index (χ0v) is 11.7. The summed E-state index contributed by atoms with van der Waals surface area (Å²) >= 11 is 0. The van der Waals surface area contributed by atoms with Gasteiger partial charge in [0.15, 0.2) is 11.9 Å². The summed E-state index contributed by atoms with van der Waals surface area (Å²) in [5.41, 5.74) is 1.15. The van der Waals surface area contributed by atoms with Crippen molar-refractivity contribution in [1.82, 2.24) is 0 Å². The average Bonchev–Trinajstić information content (AvgIpc) is 2.53. The van der Waals surface area contributed by atoms with E-state index in [9.17, 15) is 9.59 Å². The molecule has 1 unspecified atom stereocenters. The number of aliphatic carboxylic acids is 1. The fourth-order valence-electron chi connectivity index (χ4n) is 1.91.